The molecular formula is C32H70N4. The van der Waals surface area contributed by atoms with Crippen LogP contribution in [0.15, 0.2) is 0 Å². The summed E-state index contributed by atoms with van der Waals surface area (Å²) >= 11 is 0. The summed E-state index contributed by atoms with van der Waals surface area (Å²) in [6.45, 7) is 35.5. The summed E-state index contributed by atoms with van der Waals surface area (Å²) in [5.41, 5.74) is 4.06. The van der Waals surface area contributed by atoms with Gasteiger partial charge in [0.25, 0.3) is 0 Å². The van der Waals surface area contributed by atoms with Gasteiger partial charge < -0.3 is 10.2 Å². The van der Waals surface area contributed by atoms with Crippen LogP contribution in [0, 0.1) is 12.3 Å². The first-order valence-electron chi connectivity index (χ1n) is 15.4. The predicted molar refractivity (Wildman–Crippen MR) is 168 cm³/mol. The lowest BCUT2D eigenvalue weighted by atomic mass is 9.87. The molecule has 0 aromatic carbocycles. The number of nitrogens with one attached hydrogen (secondary N) is 1. The molecule has 1 atom stereocenters. The van der Waals surface area contributed by atoms with Crippen molar-refractivity contribution in [1.29, 1.82) is 0 Å². The van der Waals surface area contributed by atoms with Gasteiger partial charge in [0, 0.05) is 30.4 Å². The quantitative estimate of drug-likeness (QED) is 0.287. The molecular weight excluding hydrogens is 440 g/mol. The molecule has 1 aromatic rings. The van der Waals surface area contributed by atoms with Crippen LogP contribution in [0.4, 0.5) is 0 Å². The molecule has 0 amide bonds. The molecule has 1 unspecified atom stereocenters. The molecule has 0 saturated heterocycles. The lowest BCUT2D eigenvalue weighted by molar-refractivity contribution is 0.197. The van der Waals surface area contributed by atoms with Crippen LogP contribution in [-0.4, -0.2) is 47.6 Å². The Morgan fingerprint density at radius 2 is 1.42 bits per heavy atom. The number of hydrogen-bond acceptors (Lipinski definition) is 4. The molecule has 0 radical (unpaired) electrons. The van der Waals surface area contributed by atoms with Gasteiger partial charge in [-0.2, -0.15) is 0 Å². The summed E-state index contributed by atoms with van der Waals surface area (Å²) in [5.74, 6) is 1.03. The van der Waals surface area contributed by atoms with Crippen molar-refractivity contribution in [3.05, 3.63) is 22.8 Å². The third-order valence-electron chi connectivity index (χ3n) is 5.72. The van der Waals surface area contributed by atoms with E-state index in [0.717, 1.165) is 44.6 Å². The number of hydrogen-bond donors (Lipinski definition) is 1. The van der Waals surface area contributed by atoms with Crippen LogP contribution in [0.25, 0.3) is 0 Å². The lowest BCUT2D eigenvalue weighted by Gasteiger charge is -2.30. The molecule has 218 valence electrons. The van der Waals surface area contributed by atoms with Crippen LogP contribution in [0.2, 0.25) is 0 Å². The molecule has 0 aliphatic heterocycles. The Hall–Kier alpha value is -1.00. The van der Waals surface area contributed by atoms with Crippen LogP contribution >= 0.6 is 0 Å². The molecule has 0 aliphatic carbocycles. The van der Waals surface area contributed by atoms with E-state index in [4.69, 9.17) is 9.97 Å². The van der Waals surface area contributed by atoms with E-state index >= 15 is 0 Å². The minimum atomic E-state index is 0.303. The highest BCUT2D eigenvalue weighted by Crippen LogP contribution is 2.24. The van der Waals surface area contributed by atoms with Crippen molar-refractivity contribution >= 4 is 0 Å². The third-order valence-corrected chi connectivity index (χ3v) is 5.72. The second-order valence-corrected chi connectivity index (χ2v) is 9.52. The first-order valence-corrected chi connectivity index (χ1v) is 15.4. The van der Waals surface area contributed by atoms with E-state index in [1.54, 1.807) is 0 Å². The Morgan fingerprint density at radius 3 is 1.83 bits per heavy atom. The minimum absolute atomic E-state index is 0.303. The molecule has 4 heteroatoms. The highest BCUT2D eigenvalue weighted by Gasteiger charge is 2.21. The Kier molecular flexibility index (Phi) is 33.4. The highest BCUT2D eigenvalue weighted by molar-refractivity contribution is 5.25. The molecule has 1 aromatic heterocycles. The second-order valence-electron chi connectivity index (χ2n) is 9.52. The summed E-state index contributed by atoms with van der Waals surface area (Å²) in [6, 6.07) is 0.704. The van der Waals surface area contributed by atoms with Gasteiger partial charge in [0.2, 0.25) is 0 Å². The SMILES string of the molecule is CC.CC.CC.CCCN(C)CC(C)(C)CCc1nc(C)c(CC)c(CC)n1.CCCNC(C)CC. The normalized spacial score (nSPS) is 11.0. The van der Waals surface area contributed by atoms with Gasteiger partial charge in [-0.1, -0.05) is 90.0 Å². The van der Waals surface area contributed by atoms with E-state index in [1.165, 1.54) is 42.8 Å². The summed E-state index contributed by atoms with van der Waals surface area (Å²) in [4.78, 5) is 12.0. The summed E-state index contributed by atoms with van der Waals surface area (Å²) in [6.07, 6.45) is 7.84. The van der Waals surface area contributed by atoms with Crippen molar-refractivity contribution in [2.24, 2.45) is 5.41 Å². The fourth-order valence-electron chi connectivity index (χ4n) is 3.84. The van der Waals surface area contributed by atoms with Gasteiger partial charge >= 0.3 is 0 Å². The lowest BCUT2D eigenvalue weighted by Crippen LogP contribution is -2.32. The standard InChI is InChI=1S/C19H35N3.C7H17N.3C2H6/c1-8-13-22(7)14-19(5,6)12-11-18-20-15(4)16(9-2)17(10-3)21-18;1-4-6-8-7(3)5-2;3*1-2/h8-14H2,1-7H3;7-8H,4-6H2,1-3H3;3*1-2H3. The van der Waals surface area contributed by atoms with Gasteiger partial charge in [0.05, 0.1) is 0 Å². The summed E-state index contributed by atoms with van der Waals surface area (Å²) < 4.78 is 0. The van der Waals surface area contributed by atoms with Crippen molar-refractivity contribution < 1.29 is 0 Å². The van der Waals surface area contributed by atoms with Crippen molar-refractivity contribution in [2.75, 3.05) is 26.7 Å². The van der Waals surface area contributed by atoms with Crippen molar-refractivity contribution in [2.45, 2.75) is 155 Å². The summed E-state index contributed by atoms with van der Waals surface area (Å²) in [7, 11) is 2.22. The largest absolute Gasteiger partial charge is 0.314 e. The zero-order chi connectivity index (χ0) is 29.2. The molecule has 4 nitrogen and oxygen atoms in total. The van der Waals surface area contributed by atoms with E-state index in [0.29, 0.717) is 11.5 Å². The van der Waals surface area contributed by atoms with Crippen LogP contribution in [0.5, 0.6) is 0 Å². The van der Waals surface area contributed by atoms with E-state index in [9.17, 15) is 0 Å². The maximum Gasteiger partial charge on any atom is 0.128 e. The Balaban J connectivity index is -0.000000306. The highest BCUT2D eigenvalue weighted by atomic mass is 15.1. The predicted octanol–water partition coefficient (Wildman–Crippen LogP) is 9.07. The Bertz CT molecular complexity index is 570. The zero-order valence-electron chi connectivity index (χ0n) is 28.0. The number of rotatable bonds is 13. The first-order chi connectivity index (χ1) is 17.1. The Labute approximate surface area is 229 Å². The molecule has 0 bridgehead atoms. The molecule has 1 rings (SSSR count). The van der Waals surface area contributed by atoms with Gasteiger partial charge in [-0.25, -0.2) is 9.97 Å². The van der Waals surface area contributed by atoms with Crippen molar-refractivity contribution in [3.63, 3.8) is 0 Å². The molecule has 0 fully saturated rings. The fourth-order valence-corrected chi connectivity index (χ4v) is 3.84. The molecule has 0 aliphatic rings. The number of nitrogens with zero attached hydrogens (tertiary/aromatic N) is 3. The maximum absolute atomic E-state index is 4.82. The van der Waals surface area contributed by atoms with Gasteiger partial charge in [-0.15, -0.1) is 0 Å². The average molecular weight is 511 g/mol. The molecule has 1 N–H and O–H groups in total. The van der Waals surface area contributed by atoms with Gasteiger partial charge in [-0.05, 0) is 83.5 Å². The second kappa shape index (κ2) is 28.6. The molecule has 0 saturated carbocycles. The fraction of sp³-hybridized carbons (Fsp3) is 0.875. The van der Waals surface area contributed by atoms with Crippen LogP contribution in [0.3, 0.4) is 0 Å². The summed E-state index contributed by atoms with van der Waals surface area (Å²) in [5, 5.41) is 3.38. The van der Waals surface area contributed by atoms with E-state index in [2.05, 4.69) is 79.6 Å². The van der Waals surface area contributed by atoms with E-state index in [1.807, 2.05) is 41.5 Å². The number of aryl methyl sites for hydroxylation is 3. The smallest absolute Gasteiger partial charge is 0.128 e. The monoisotopic (exact) mass is 511 g/mol. The van der Waals surface area contributed by atoms with Crippen LogP contribution in [-0.2, 0) is 19.3 Å². The van der Waals surface area contributed by atoms with Gasteiger partial charge in [-0.3, -0.25) is 0 Å². The number of aromatic nitrogens is 2. The van der Waals surface area contributed by atoms with Crippen molar-refractivity contribution in [1.82, 2.24) is 20.2 Å². The van der Waals surface area contributed by atoms with Gasteiger partial charge in [0.1, 0.15) is 5.82 Å². The minimum Gasteiger partial charge on any atom is -0.314 e. The Morgan fingerprint density at radius 1 is 0.861 bits per heavy atom. The maximum atomic E-state index is 4.82. The van der Waals surface area contributed by atoms with Crippen LogP contribution < -0.4 is 5.32 Å². The topological polar surface area (TPSA) is 41.1 Å². The van der Waals surface area contributed by atoms with Crippen molar-refractivity contribution in [3.8, 4) is 0 Å². The molecule has 0 spiro atoms. The zero-order valence-corrected chi connectivity index (χ0v) is 28.0. The first kappa shape index (κ1) is 42.1. The van der Waals surface area contributed by atoms with E-state index < -0.39 is 0 Å². The third kappa shape index (κ3) is 22.2. The van der Waals surface area contributed by atoms with Gasteiger partial charge in [0.15, 0.2) is 0 Å². The van der Waals surface area contributed by atoms with E-state index in [-0.39, 0.29) is 0 Å². The average Bonchev–Trinajstić information content (AvgIpc) is 2.89. The van der Waals surface area contributed by atoms with Crippen LogP contribution in [0.1, 0.15) is 145 Å². The molecule has 36 heavy (non-hydrogen) atoms. The molecule has 1 heterocycles.